The lowest BCUT2D eigenvalue weighted by molar-refractivity contribution is -0.129. The summed E-state index contributed by atoms with van der Waals surface area (Å²) in [5.41, 5.74) is 2.47. The van der Waals surface area contributed by atoms with E-state index in [1.54, 1.807) is 11.8 Å². The van der Waals surface area contributed by atoms with Gasteiger partial charge in [0.1, 0.15) is 0 Å². The third-order valence-electron chi connectivity index (χ3n) is 3.67. The van der Waals surface area contributed by atoms with E-state index in [4.69, 9.17) is 0 Å². The summed E-state index contributed by atoms with van der Waals surface area (Å²) in [5.74, 6) is 0.00635. The van der Waals surface area contributed by atoms with E-state index >= 15 is 0 Å². The molecule has 0 radical (unpaired) electrons. The van der Waals surface area contributed by atoms with Crippen LogP contribution in [0.25, 0.3) is 10.9 Å². The lowest BCUT2D eigenvalue weighted by Gasteiger charge is -2.20. The molecule has 1 amide bonds. The highest BCUT2D eigenvalue weighted by Crippen LogP contribution is 2.14. The molecule has 0 fully saturated rings. The zero-order valence-corrected chi connectivity index (χ0v) is 12.9. The maximum absolute atomic E-state index is 12.2. The molecule has 0 unspecified atom stereocenters. The first kappa shape index (κ1) is 15.3. The Kier molecular flexibility index (Phi) is 4.78. The molecule has 1 aromatic heterocycles. The second kappa shape index (κ2) is 6.57. The van der Waals surface area contributed by atoms with E-state index in [9.17, 15) is 9.59 Å². The number of nitrogens with zero attached hydrogens (tertiary/aromatic N) is 1. The molecule has 1 aromatic carbocycles. The number of benzene rings is 1. The van der Waals surface area contributed by atoms with Gasteiger partial charge in [-0.15, -0.1) is 0 Å². The molecule has 2 rings (SSSR count). The number of hydrogen-bond donors (Lipinski definition) is 1. The number of hydrogen-bond acceptors (Lipinski definition) is 2. The molecule has 112 valence electrons. The normalized spacial score (nSPS) is 10.8. The monoisotopic (exact) mass is 286 g/mol. The quantitative estimate of drug-likeness (QED) is 0.918. The van der Waals surface area contributed by atoms with Crippen LogP contribution in [0.1, 0.15) is 37.8 Å². The highest BCUT2D eigenvalue weighted by atomic mass is 16.2. The number of fused-ring (bicyclic) bond motifs is 1. The van der Waals surface area contributed by atoms with E-state index < -0.39 is 0 Å². The number of aromatic amines is 1. The van der Waals surface area contributed by atoms with Crippen LogP contribution in [-0.2, 0) is 11.3 Å². The van der Waals surface area contributed by atoms with Crippen LogP contribution in [0.15, 0.2) is 29.1 Å². The molecule has 0 atom stereocenters. The number of amides is 1. The fourth-order valence-corrected chi connectivity index (χ4v) is 2.38. The van der Waals surface area contributed by atoms with Crippen molar-refractivity contribution in [2.45, 2.75) is 40.2 Å². The fraction of sp³-hybridized carbons (Fsp3) is 0.412. The molecule has 4 nitrogen and oxygen atoms in total. The van der Waals surface area contributed by atoms with Crippen molar-refractivity contribution in [2.75, 3.05) is 6.54 Å². The Hall–Kier alpha value is -2.10. The first-order chi connectivity index (χ1) is 10.0. The zero-order valence-electron chi connectivity index (χ0n) is 12.9. The topological polar surface area (TPSA) is 53.2 Å². The lowest BCUT2D eigenvalue weighted by Crippen LogP contribution is -2.31. The Bertz CT molecular complexity index is 703. The summed E-state index contributed by atoms with van der Waals surface area (Å²) in [5, 5.41) is 0.995. The summed E-state index contributed by atoms with van der Waals surface area (Å²) in [4.78, 5) is 28.5. The van der Waals surface area contributed by atoms with Gasteiger partial charge in [-0.25, -0.2) is 0 Å². The molecule has 21 heavy (non-hydrogen) atoms. The number of rotatable bonds is 5. The number of carbonyl (C=O) groups excluding carboxylic acids is 1. The lowest BCUT2D eigenvalue weighted by atomic mass is 10.1. The SMILES string of the molecule is CCCCN(Cc1cc2ccc(C)cc2[nH]c1=O)C(C)=O. The van der Waals surface area contributed by atoms with Crippen LogP contribution in [0.3, 0.4) is 0 Å². The van der Waals surface area contributed by atoms with Crippen molar-refractivity contribution in [3.63, 3.8) is 0 Å². The van der Waals surface area contributed by atoms with Crippen molar-refractivity contribution < 1.29 is 4.79 Å². The zero-order chi connectivity index (χ0) is 15.4. The van der Waals surface area contributed by atoms with Gasteiger partial charge in [-0.3, -0.25) is 9.59 Å². The van der Waals surface area contributed by atoms with Crippen molar-refractivity contribution in [3.05, 3.63) is 45.7 Å². The maximum Gasteiger partial charge on any atom is 0.253 e. The van der Waals surface area contributed by atoms with Gasteiger partial charge in [0.25, 0.3) is 5.56 Å². The highest BCUT2D eigenvalue weighted by molar-refractivity contribution is 5.79. The van der Waals surface area contributed by atoms with Crippen LogP contribution < -0.4 is 5.56 Å². The van der Waals surface area contributed by atoms with Gasteiger partial charge in [0, 0.05) is 24.5 Å². The second-order valence-electron chi connectivity index (χ2n) is 5.51. The number of unbranched alkanes of at least 4 members (excludes halogenated alkanes) is 1. The van der Waals surface area contributed by atoms with Crippen LogP contribution in [0.4, 0.5) is 0 Å². The summed E-state index contributed by atoms with van der Waals surface area (Å²) in [6.07, 6.45) is 1.97. The van der Waals surface area contributed by atoms with Crippen LogP contribution in [0.2, 0.25) is 0 Å². The van der Waals surface area contributed by atoms with Gasteiger partial charge in [0.05, 0.1) is 6.54 Å². The molecular formula is C17H22N2O2. The van der Waals surface area contributed by atoms with E-state index in [2.05, 4.69) is 11.9 Å². The molecule has 4 heteroatoms. The first-order valence-corrected chi connectivity index (χ1v) is 7.39. The summed E-state index contributed by atoms with van der Waals surface area (Å²) in [6.45, 7) is 6.69. The maximum atomic E-state index is 12.2. The summed E-state index contributed by atoms with van der Waals surface area (Å²) in [7, 11) is 0. The predicted molar refractivity (Wildman–Crippen MR) is 85.3 cm³/mol. The largest absolute Gasteiger partial charge is 0.338 e. The molecule has 0 spiro atoms. The third kappa shape index (κ3) is 3.72. The summed E-state index contributed by atoms with van der Waals surface area (Å²) >= 11 is 0. The molecular weight excluding hydrogens is 264 g/mol. The Morgan fingerprint density at radius 1 is 1.29 bits per heavy atom. The minimum absolute atomic E-state index is 0.00635. The number of carbonyl (C=O) groups is 1. The highest BCUT2D eigenvalue weighted by Gasteiger charge is 2.12. The van der Waals surface area contributed by atoms with Crippen LogP contribution >= 0.6 is 0 Å². The Morgan fingerprint density at radius 2 is 2.05 bits per heavy atom. The van der Waals surface area contributed by atoms with E-state index in [1.807, 2.05) is 31.2 Å². The molecule has 2 aromatic rings. The standard InChI is InChI=1S/C17H22N2O2/c1-4-5-8-19(13(3)20)11-15-10-14-7-6-12(2)9-16(14)18-17(15)21/h6-7,9-10H,4-5,8,11H2,1-3H3,(H,18,21). The minimum atomic E-state index is -0.115. The predicted octanol–water partition coefficient (Wildman–Crippen LogP) is 2.99. The molecule has 0 saturated carbocycles. The van der Waals surface area contributed by atoms with Gasteiger partial charge >= 0.3 is 0 Å². The van der Waals surface area contributed by atoms with E-state index in [-0.39, 0.29) is 11.5 Å². The van der Waals surface area contributed by atoms with E-state index in [0.29, 0.717) is 18.7 Å². The number of nitrogens with one attached hydrogen (secondary N) is 1. The first-order valence-electron chi connectivity index (χ1n) is 7.39. The smallest absolute Gasteiger partial charge is 0.253 e. The Balaban J connectivity index is 2.32. The van der Waals surface area contributed by atoms with Gasteiger partial charge in [-0.2, -0.15) is 0 Å². The molecule has 1 N–H and O–H groups in total. The van der Waals surface area contributed by atoms with Crippen LogP contribution in [-0.4, -0.2) is 22.3 Å². The molecule has 0 aliphatic carbocycles. The Labute approximate surface area is 124 Å². The summed E-state index contributed by atoms with van der Waals surface area (Å²) in [6, 6.07) is 7.86. The number of H-pyrrole nitrogens is 1. The average molecular weight is 286 g/mol. The number of aryl methyl sites for hydroxylation is 1. The third-order valence-corrected chi connectivity index (χ3v) is 3.67. The van der Waals surface area contributed by atoms with Gasteiger partial charge in [-0.05, 0) is 36.4 Å². The number of pyridine rings is 1. The molecule has 0 aliphatic heterocycles. The van der Waals surface area contributed by atoms with Crippen LogP contribution in [0.5, 0.6) is 0 Å². The van der Waals surface area contributed by atoms with Gasteiger partial charge in [0.15, 0.2) is 0 Å². The van der Waals surface area contributed by atoms with E-state index in [0.717, 1.165) is 29.3 Å². The van der Waals surface area contributed by atoms with Crippen LogP contribution in [0, 0.1) is 6.92 Å². The van der Waals surface area contributed by atoms with Gasteiger partial charge in [-0.1, -0.05) is 25.5 Å². The van der Waals surface area contributed by atoms with Crippen molar-refractivity contribution in [1.29, 1.82) is 0 Å². The number of aromatic nitrogens is 1. The average Bonchev–Trinajstić information content (AvgIpc) is 2.43. The van der Waals surface area contributed by atoms with E-state index in [1.165, 1.54) is 0 Å². The molecule has 0 saturated heterocycles. The van der Waals surface area contributed by atoms with Crippen molar-refractivity contribution in [3.8, 4) is 0 Å². The van der Waals surface area contributed by atoms with Gasteiger partial charge in [0.2, 0.25) is 5.91 Å². The van der Waals surface area contributed by atoms with Crippen molar-refractivity contribution in [1.82, 2.24) is 9.88 Å². The van der Waals surface area contributed by atoms with Gasteiger partial charge < -0.3 is 9.88 Å². The molecule has 1 heterocycles. The molecule has 0 bridgehead atoms. The second-order valence-corrected chi connectivity index (χ2v) is 5.51. The van der Waals surface area contributed by atoms with Crippen molar-refractivity contribution in [2.24, 2.45) is 0 Å². The fourth-order valence-electron chi connectivity index (χ4n) is 2.38. The summed E-state index contributed by atoms with van der Waals surface area (Å²) < 4.78 is 0. The Morgan fingerprint density at radius 3 is 2.71 bits per heavy atom. The van der Waals surface area contributed by atoms with Crippen molar-refractivity contribution >= 4 is 16.8 Å². The molecule has 0 aliphatic rings. The minimum Gasteiger partial charge on any atom is -0.338 e.